The molecule has 0 bridgehead atoms. The van der Waals surface area contributed by atoms with Crippen LogP contribution in [0.5, 0.6) is 0 Å². The molecular weight excluding hydrogens is 339 g/mol. The van der Waals surface area contributed by atoms with Crippen LogP contribution < -0.4 is 21.3 Å². The van der Waals surface area contributed by atoms with E-state index in [4.69, 9.17) is 0 Å². The van der Waals surface area contributed by atoms with E-state index in [9.17, 15) is 0 Å². The van der Waals surface area contributed by atoms with Gasteiger partial charge in [0.1, 0.15) is 0 Å². The van der Waals surface area contributed by atoms with Crippen LogP contribution in [0, 0.1) is 0 Å². The standard InChI is InChI=1S/C25H17BN2/c1-27-21-14-8-13-20-24(21)18-11-7-16-23-25(18)26(20)19-12-5-6-15-22(19)28(23)17-9-3-2-4-10-17/h2-16H,1H2. The summed E-state index contributed by atoms with van der Waals surface area (Å²) in [5.41, 5.74) is 11.2. The molecule has 2 heterocycles. The van der Waals surface area contributed by atoms with Gasteiger partial charge in [-0.15, -0.1) is 0 Å². The van der Waals surface area contributed by atoms with Crippen LogP contribution in [0.3, 0.4) is 0 Å². The smallest absolute Gasteiger partial charge is 0.248 e. The quantitative estimate of drug-likeness (QED) is 0.334. The van der Waals surface area contributed by atoms with E-state index in [-0.39, 0.29) is 6.71 Å². The molecule has 0 aliphatic carbocycles. The summed E-state index contributed by atoms with van der Waals surface area (Å²) in [6.07, 6.45) is 0. The van der Waals surface area contributed by atoms with Gasteiger partial charge in [0.25, 0.3) is 0 Å². The lowest BCUT2D eigenvalue weighted by Crippen LogP contribution is -2.54. The molecule has 0 N–H and O–H groups in total. The third-order valence-corrected chi connectivity index (χ3v) is 5.94. The van der Waals surface area contributed by atoms with Crippen molar-refractivity contribution in [3.8, 4) is 11.1 Å². The third-order valence-electron chi connectivity index (χ3n) is 5.94. The minimum absolute atomic E-state index is 0.235. The van der Waals surface area contributed by atoms with Crippen LogP contribution in [0.2, 0.25) is 0 Å². The van der Waals surface area contributed by atoms with E-state index >= 15 is 0 Å². The molecule has 130 valence electrons. The molecule has 0 radical (unpaired) electrons. The molecule has 28 heavy (non-hydrogen) atoms. The van der Waals surface area contributed by atoms with Crippen LogP contribution in [-0.2, 0) is 0 Å². The molecule has 0 atom stereocenters. The van der Waals surface area contributed by atoms with E-state index in [1.165, 1.54) is 44.6 Å². The monoisotopic (exact) mass is 356 g/mol. The minimum atomic E-state index is 0.235. The second-order valence-corrected chi connectivity index (χ2v) is 7.30. The lowest BCUT2D eigenvalue weighted by Gasteiger charge is -2.35. The Balaban J connectivity index is 1.74. The second-order valence-electron chi connectivity index (χ2n) is 7.30. The van der Waals surface area contributed by atoms with Gasteiger partial charge in [-0.2, -0.15) is 0 Å². The summed E-state index contributed by atoms with van der Waals surface area (Å²) in [6, 6.07) is 32.4. The predicted octanol–water partition coefficient (Wildman–Crippen LogP) is 4.30. The van der Waals surface area contributed by atoms with Gasteiger partial charge in [0.15, 0.2) is 0 Å². The fraction of sp³-hybridized carbons (Fsp3) is 0. The van der Waals surface area contributed by atoms with Gasteiger partial charge >= 0.3 is 0 Å². The van der Waals surface area contributed by atoms with Gasteiger partial charge in [0.05, 0.1) is 5.69 Å². The molecule has 0 fully saturated rings. The Kier molecular flexibility index (Phi) is 3.15. The topological polar surface area (TPSA) is 15.6 Å². The van der Waals surface area contributed by atoms with E-state index in [0.29, 0.717) is 0 Å². The molecule has 2 aliphatic rings. The minimum Gasteiger partial charge on any atom is -0.312 e. The Morgan fingerprint density at radius 2 is 1.39 bits per heavy atom. The van der Waals surface area contributed by atoms with Gasteiger partial charge in [-0.3, -0.25) is 4.99 Å². The van der Waals surface area contributed by atoms with E-state index in [2.05, 4.69) is 108 Å². The number of rotatable bonds is 2. The maximum atomic E-state index is 4.33. The molecule has 0 unspecified atom stereocenters. The molecule has 4 aromatic rings. The fourth-order valence-electron chi connectivity index (χ4n) is 4.89. The molecule has 0 spiro atoms. The Morgan fingerprint density at radius 3 is 2.25 bits per heavy atom. The van der Waals surface area contributed by atoms with Crippen molar-refractivity contribution < 1.29 is 0 Å². The number of para-hydroxylation sites is 2. The van der Waals surface area contributed by atoms with Crippen LogP contribution in [0.4, 0.5) is 22.7 Å². The second kappa shape index (κ2) is 5.70. The van der Waals surface area contributed by atoms with Gasteiger partial charge in [0, 0.05) is 22.6 Å². The average molecular weight is 356 g/mol. The molecule has 0 amide bonds. The maximum absolute atomic E-state index is 4.33. The molecule has 4 aromatic carbocycles. The number of anilines is 3. The predicted molar refractivity (Wildman–Crippen MR) is 120 cm³/mol. The largest absolute Gasteiger partial charge is 0.312 e. The summed E-state index contributed by atoms with van der Waals surface area (Å²) in [6.45, 7) is 4.05. The van der Waals surface area contributed by atoms with Gasteiger partial charge in [-0.05, 0) is 53.5 Å². The molecular formula is C25H17BN2. The normalized spacial score (nSPS) is 13.0. The van der Waals surface area contributed by atoms with E-state index < -0.39 is 0 Å². The van der Waals surface area contributed by atoms with Gasteiger partial charge in [0.2, 0.25) is 6.71 Å². The summed E-state index contributed by atoms with van der Waals surface area (Å²) in [7, 11) is 0. The van der Waals surface area contributed by atoms with Crippen LogP contribution in [-0.4, -0.2) is 13.4 Å². The number of hydrogen-bond donors (Lipinski definition) is 0. The highest BCUT2D eigenvalue weighted by Gasteiger charge is 2.42. The van der Waals surface area contributed by atoms with Gasteiger partial charge in [-0.25, -0.2) is 0 Å². The molecule has 0 saturated carbocycles. The van der Waals surface area contributed by atoms with Crippen molar-refractivity contribution in [2.24, 2.45) is 4.99 Å². The number of hydrogen-bond acceptors (Lipinski definition) is 2. The highest BCUT2D eigenvalue weighted by atomic mass is 15.1. The third kappa shape index (κ3) is 1.91. The number of aliphatic imine (C=N–C) groups is 1. The molecule has 0 aromatic heterocycles. The molecule has 0 saturated heterocycles. The van der Waals surface area contributed by atoms with E-state index in [0.717, 1.165) is 5.69 Å². The van der Waals surface area contributed by atoms with Gasteiger partial charge in [-0.1, -0.05) is 66.1 Å². The fourth-order valence-corrected chi connectivity index (χ4v) is 4.89. The molecule has 3 heteroatoms. The zero-order valence-electron chi connectivity index (χ0n) is 15.3. The Morgan fingerprint density at radius 1 is 0.679 bits per heavy atom. The first-order valence-electron chi connectivity index (χ1n) is 9.55. The van der Waals surface area contributed by atoms with Crippen LogP contribution in [0.1, 0.15) is 0 Å². The van der Waals surface area contributed by atoms with Crippen molar-refractivity contribution in [1.82, 2.24) is 0 Å². The Labute approximate surface area is 164 Å². The van der Waals surface area contributed by atoms with Gasteiger partial charge < -0.3 is 4.90 Å². The average Bonchev–Trinajstić information content (AvgIpc) is 3.11. The van der Waals surface area contributed by atoms with Crippen molar-refractivity contribution in [3.63, 3.8) is 0 Å². The lowest BCUT2D eigenvalue weighted by molar-refractivity contribution is 1.30. The van der Waals surface area contributed by atoms with Crippen molar-refractivity contribution in [2.75, 3.05) is 4.90 Å². The lowest BCUT2D eigenvalue weighted by atomic mass is 9.37. The Bertz CT molecular complexity index is 1250. The first-order chi connectivity index (χ1) is 13.9. The van der Waals surface area contributed by atoms with Crippen LogP contribution >= 0.6 is 0 Å². The summed E-state index contributed by atoms with van der Waals surface area (Å²) >= 11 is 0. The van der Waals surface area contributed by atoms with Crippen LogP contribution in [0.25, 0.3) is 11.1 Å². The number of benzene rings is 4. The highest BCUT2D eigenvalue weighted by Crippen LogP contribution is 2.41. The summed E-state index contributed by atoms with van der Waals surface area (Å²) in [5.74, 6) is 0. The van der Waals surface area contributed by atoms with E-state index in [1.807, 2.05) is 0 Å². The van der Waals surface area contributed by atoms with Crippen LogP contribution in [0.15, 0.2) is 96.0 Å². The van der Waals surface area contributed by atoms with Crippen molar-refractivity contribution in [2.45, 2.75) is 0 Å². The highest BCUT2D eigenvalue weighted by molar-refractivity contribution is 7.01. The van der Waals surface area contributed by atoms with Crippen molar-refractivity contribution >= 4 is 52.6 Å². The maximum Gasteiger partial charge on any atom is 0.248 e. The zero-order valence-corrected chi connectivity index (χ0v) is 15.3. The molecule has 2 aliphatic heterocycles. The summed E-state index contributed by atoms with van der Waals surface area (Å²) < 4.78 is 0. The zero-order chi connectivity index (χ0) is 18.7. The molecule has 6 rings (SSSR count). The Hall–Kier alpha value is -3.59. The molecule has 2 nitrogen and oxygen atoms in total. The summed E-state index contributed by atoms with van der Waals surface area (Å²) in [4.78, 5) is 6.72. The first kappa shape index (κ1) is 15.5. The van der Waals surface area contributed by atoms with E-state index in [1.54, 1.807) is 0 Å². The van der Waals surface area contributed by atoms with Crippen molar-refractivity contribution in [3.05, 3.63) is 91.0 Å². The number of fused-ring (bicyclic) bond motifs is 5. The number of nitrogens with zero attached hydrogens (tertiary/aromatic N) is 2. The summed E-state index contributed by atoms with van der Waals surface area (Å²) in [5, 5.41) is 0. The van der Waals surface area contributed by atoms with Crippen molar-refractivity contribution in [1.29, 1.82) is 0 Å². The SMILES string of the molecule is C=Nc1cccc2c1-c1cccc3c1B2c1ccccc1N3c1ccccc1. The first-order valence-corrected chi connectivity index (χ1v) is 9.55.